The molecule has 1 aromatic rings. The molecule has 2 nitrogen and oxygen atoms in total. The summed E-state index contributed by atoms with van der Waals surface area (Å²) in [6, 6.07) is 4.64. The third-order valence-electron chi connectivity index (χ3n) is 3.93. The highest BCUT2D eigenvalue weighted by Gasteiger charge is 2.37. The minimum absolute atomic E-state index is 0.0814. The van der Waals surface area contributed by atoms with Crippen molar-refractivity contribution in [1.82, 2.24) is 4.90 Å². The van der Waals surface area contributed by atoms with Crippen LogP contribution >= 0.6 is 11.6 Å². The number of likely N-dealkylation sites (tertiary alicyclic amines) is 1. The second kappa shape index (κ2) is 5.11. The van der Waals surface area contributed by atoms with E-state index in [2.05, 4.69) is 10.2 Å². The normalized spacial score (nSPS) is 24.1. The van der Waals surface area contributed by atoms with Crippen molar-refractivity contribution in [2.45, 2.75) is 37.5 Å². The molecule has 0 spiro atoms. The van der Waals surface area contributed by atoms with Gasteiger partial charge in [-0.3, -0.25) is 4.90 Å². The number of hydrogen-bond acceptors (Lipinski definition) is 2. The third-order valence-corrected chi connectivity index (χ3v) is 4.16. The Labute approximate surface area is 120 Å². The minimum atomic E-state index is -4.39. The molecule has 6 heteroatoms. The molecule has 3 rings (SSSR count). The number of anilines is 1. The Bertz CT molecular complexity index is 500. The molecule has 0 aromatic heterocycles. The highest BCUT2D eigenvalue weighted by molar-refractivity contribution is 6.30. The van der Waals surface area contributed by atoms with Crippen molar-refractivity contribution in [3.63, 3.8) is 0 Å². The lowest BCUT2D eigenvalue weighted by atomic mass is 10.1. The van der Waals surface area contributed by atoms with Crippen LogP contribution in [0.4, 0.5) is 18.9 Å². The Morgan fingerprint density at radius 2 is 1.95 bits per heavy atom. The van der Waals surface area contributed by atoms with Crippen molar-refractivity contribution in [2.75, 3.05) is 18.4 Å². The van der Waals surface area contributed by atoms with Crippen LogP contribution in [0.3, 0.4) is 0 Å². The molecule has 0 radical (unpaired) electrons. The first-order chi connectivity index (χ1) is 9.43. The van der Waals surface area contributed by atoms with E-state index < -0.39 is 11.7 Å². The van der Waals surface area contributed by atoms with Gasteiger partial charge in [-0.15, -0.1) is 0 Å². The Balaban J connectivity index is 1.74. The largest absolute Gasteiger partial charge is 0.418 e. The van der Waals surface area contributed by atoms with Gasteiger partial charge in [-0.1, -0.05) is 11.6 Å². The monoisotopic (exact) mass is 304 g/mol. The molecular weight excluding hydrogens is 289 g/mol. The van der Waals surface area contributed by atoms with E-state index in [0.29, 0.717) is 6.04 Å². The molecule has 0 bridgehead atoms. The van der Waals surface area contributed by atoms with E-state index in [9.17, 15) is 13.2 Å². The van der Waals surface area contributed by atoms with E-state index in [1.165, 1.54) is 25.0 Å². The van der Waals surface area contributed by atoms with Gasteiger partial charge in [-0.05, 0) is 37.5 Å². The standard InChI is InChI=1S/C14H16ClF3N2/c15-9-1-4-13(12(7-9)14(16,17)18)19-10-5-6-20(8-10)11-2-3-11/h1,4,7,10-11,19H,2-3,5-6,8H2. The van der Waals surface area contributed by atoms with E-state index in [-0.39, 0.29) is 16.8 Å². The van der Waals surface area contributed by atoms with Crippen LogP contribution < -0.4 is 5.32 Å². The summed E-state index contributed by atoms with van der Waals surface area (Å²) in [7, 11) is 0. The van der Waals surface area contributed by atoms with Crippen LogP contribution in [0.5, 0.6) is 0 Å². The van der Waals surface area contributed by atoms with Crippen molar-refractivity contribution < 1.29 is 13.2 Å². The highest BCUT2D eigenvalue weighted by Crippen LogP contribution is 2.37. The first-order valence-electron chi connectivity index (χ1n) is 6.81. The van der Waals surface area contributed by atoms with Crippen molar-refractivity contribution in [1.29, 1.82) is 0 Å². The lowest BCUT2D eigenvalue weighted by Gasteiger charge is -2.20. The number of halogens is 4. The fraction of sp³-hybridized carbons (Fsp3) is 0.571. The van der Waals surface area contributed by atoms with Crippen molar-refractivity contribution in [3.05, 3.63) is 28.8 Å². The van der Waals surface area contributed by atoms with Crippen molar-refractivity contribution >= 4 is 17.3 Å². The van der Waals surface area contributed by atoms with Crippen LogP contribution in [0.1, 0.15) is 24.8 Å². The molecule has 1 N–H and O–H groups in total. The molecule has 1 aliphatic heterocycles. The molecular formula is C14H16ClF3N2. The summed E-state index contributed by atoms with van der Waals surface area (Å²) in [6.45, 7) is 1.79. The summed E-state index contributed by atoms with van der Waals surface area (Å²) in [5.41, 5.74) is -0.556. The second-order valence-electron chi connectivity index (χ2n) is 5.54. The molecule has 110 valence electrons. The molecule has 0 amide bonds. The van der Waals surface area contributed by atoms with Crippen LogP contribution in [0, 0.1) is 0 Å². The van der Waals surface area contributed by atoms with Gasteiger partial charge in [0, 0.05) is 35.9 Å². The topological polar surface area (TPSA) is 15.3 Å². The Hall–Kier alpha value is -0.940. The first-order valence-corrected chi connectivity index (χ1v) is 7.18. The van der Waals surface area contributed by atoms with Crippen LogP contribution in [-0.4, -0.2) is 30.1 Å². The number of rotatable bonds is 3. The molecule has 1 aromatic carbocycles. The third kappa shape index (κ3) is 3.04. The lowest BCUT2D eigenvalue weighted by molar-refractivity contribution is -0.137. The van der Waals surface area contributed by atoms with Crippen molar-refractivity contribution in [3.8, 4) is 0 Å². The predicted octanol–water partition coefficient (Wildman–Crippen LogP) is 4.01. The van der Waals surface area contributed by atoms with Gasteiger partial charge in [0.2, 0.25) is 0 Å². The van der Waals surface area contributed by atoms with Crippen LogP contribution in [0.15, 0.2) is 18.2 Å². The van der Waals surface area contributed by atoms with E-state index in [0.717, 1.165) is 25.6 Å². The summed E-state index contributed by atoms with van der Waals surface area (Å²) in [5.74, 6) is 0. The van der Waals surface area contributed by atoms with Crippen LogP contribution in [-0.2, 0) is 6.18 Å². The van der Waals surface area contributed by atoms with E-state index >= 15 is 0 Å². The van der Waals surface area contributed by atoms with Crippen LogP contribution in [0.2, 0.25) is 5.02 Å². The summed E-state index contributed by atoms with van der Waals surface area (Å²) >= 11 is 5.68. The number of benzene rings is 1. The number of nitrogens with one attached hydrogen (secondary N) is 1. The smallest absolute Gasteiger partial charge is 0.380 e. The summed E-state index contributed by atoms with van der Waals surface area (Å²) in [5, 5.41) is 3.14. The van der Waals surface area contributed by atoms with E-state index in [4.69, 9.17) is 11.6 Å². The van der Waals surface area contributed by atoms with Gasteiger partial charge >= 0.3 is 6.18 Å². The maximum absolute atomic E-state index is 13.0. The molecule has 2 fully saturated rings. The molecule has 1 unspecified atom stereocenters. The average Bonchev–Trinajstić information content (AvgIpc) is 3.11. The van der Waals surface area contributed by atoms with Gasteiger partial charge in [0.05, 0.1) is 5.56 Å². The Morgan fingerprint density at radius 3 is 2.60 bits per heavy atom. The second-order valence-corrected chi connectivity index (χ2v) is 5.98. The zero-order valence-corrected chi connectivity index (χ0v) is 11.6. The summed E-state index contributed by atoms with van der Waals surface area (Å²) in [4.78, 5) is 2.36. The molecule has 1 heterocycles. The number of nitrogens with zero attached hydrogens (tertiary/aromatic N) is 1. The molecule has 1 atom stereocenters. The van der Waals surface area contributed by atoms with Crippen molar-refractivity contribution in [2.24, 2.45) is 0 Å². The number of alkyl halides is 3. The summed E-state index contributed by atoms with van der Waals surface area (Å²) < 4.78 is 39.0. The van der Waals surface area contributed by atoms with Gasteiger partial charge in [0.1, 0.15) is 0 Å². The maximum atomic E-state index is 13.0. The fourth-order valence-electron chi connectivity index (χ4n) is 2.77. The quantitative estimate of drug-likeness (QED) is 0.908. The predicted molar refractivity (Wildman–Crippen MR) is 73.1 cm³/mol. The van der Waals surface area contributed by atoms with Gasteiger partial charge in [0.15, 0.2) is 0 Å². The number of hydrogen-bond donors (Lipinski definition) is 1. The minimum Gasteiger partial charge on any atom is -0.380 e. The molecule has 1 aliphatic carbocycles. The zero-order chi connectivity index (χ0) is 14.3. The highest BCUT2D eigenvalue weighted by atomic mass is 35.5. The zero-order valence-electron chi connectivity index (χ0n) is 10.9. The lowest BCUT2D eigenvalue weighted by Crippen LogP contribution is -2.28. The maximum Gasteiger partial charge on any atom is 0.418 e. The van der Waals surface area contributed by atoms with Gasteiger partial charge in [-0.25, -0.2) is 0 Å². The fourth-order valence-corrected chi connectivity index (χ4v) is 2.95. The van der Waals surface area contributed by atoms with Crippen LogP contribution in [0.25, 0.3) is 0 Å². The molecule has 1 saturated carbocycles. The van der Waals surface area contributed by atoms with Gasteiger partial charge in [0.25, 0.3) is 0 Å². The molecule has 1 saturated heterocycles. The molecule has 20 heavy (non-hydrogen) atoms. The van der Waals surface area contributed by atoms with E-state index in [1.54, 1.807) is 0 Å². The summed E-state index contributed by atoms with van der Waals surface area (Å²) in [6.07, 6.45) is -1.05. The average molecular weight is 305 g/mol. The Morgan fingerprint density at radius 1 is 1.20 bits per heavy atom. The Kier molecular flexibility index (Phi) is 3.58. The molecule has 2 aliphatic rings. The SMILES string of the molecule is FC(F)(F)c1cc(Cl)ccc1NC1CCN(C2CC2)C1. The first kappa shape index (κ1) is 14.0. The van der Waals surface area contributed by atoms with Gasteiger partial charge < -0.3 is 5.32 Å². The van der Waals surface area contributed by atoms with E-state index in [1.807, 2.05) is 0 Å². The van der Waals surface area contributed by atoms with Gasteiger partial charge in [-0.2, -0.15) is 13.2 Å².